The summed E-state index contributed by atoms with van der Waals surface area (Å²) in [5, 5.41) is 3.74. The van der Waals surface area contributed by atoms with Crippen molar-refractivity contribution in [3.63, 3.8) is 0 Å². The first kappa shape index (κ1) is 13.4. The molecule has 1 N–H and O–H groups in total. The van der Waals surface area contributed by atoms with Crippen molar-refractivity contribution in [2.45, 2.75) is 45.7 Å². The maximum atomic E-state index is 3.74. The lowest BCUT2D eigenvalue weighted by Gasteiger charge is -2.26. The molecular weight excluding hydrogens is 242 g/mol. The Bertz CT molecular complexity index is 600. The van der Waals surface area contributed by atoms with Gasteiger partial charge in [-0.15, -0.1) is 0 Å². The Balaban J connectivity index is 1.63. The highest BCUT2D eigenvalue weighted by molar-refractivity contribution is 5.32. The largest absolute Gasteiger partial charge is 0.310 e. The topological polar surface area (TPSA) is 12.0 Å². The maximum absolute atomic E-state index is 3.74. The normalized spacial score (nSPS) is 17.8. The van der Waals surface area contributed by atoms with Gasteiger partial charge in [-0.25, -0.2) is 0 Å². The Morgan fingerprint density at radius 1 is 1.05 bits per heavy atom. The van der Waals surface area contributed by atoms with E-state index in [1.165, 1.54) is 47.1 Å². The first-order valence-electron chi connectivity index (χ1n) is 7.58. The minimum absolute atomic E-state index is 0.616. The summed E-state index contributed by atoms with van der Waals surface area (Å²) in [6.45, 7) is 5.35. The van der Waals surface area contributed by atoms with E-state index in [2.05, 4.69) is 61.6 Å². The van der Waals surface area contributed by atoms with Gasteiger partial charge in [-0.3, -0.25) is 0 Å². The molecule has 1 unspecified atom stereocenters. The third-order valence-electron chi connectivity index (χ3n) is 4.43. The fourth-order valence-electron chi connectivity index (χ4n) is 3.17. The van der Waals surface area contributed by atoms with E-state index >= 15 is 0 Å². The average Bonchev–Trinajstić information content (AvgIpc) is 2.46. The summed E-state index contributed by atoms with van der Waals surface area (Å²) in [6, 6.07) is 16.2. The molecule has 2 aromatic rings. The second-order valence-electron chi connectivity index (χ2n) is 6.02. The van der Waals surface area contributed by atoms with E-state index in [0.717, 1.165) is 6.54 Å². The van der Waals surface area contributed by atoms with Crippen LogP contribution in [0.4, 0.5) is 0 Å². The van der Waals surface area contributed by atoms with Crippen molar-refractivity contribution in [1.29, 1.82) is 0 Å². The Morgan fingerprint density at radius 3 is 2.65 bits per heavy atom. The molecule has 0 amide bonds. The monoisotopic (exact) mass is 265 g/mol. The molecule has 0 bridgehead atoms. The smallest absolute Gasteiger partial charge is 0.0210 e. The molecule has 104 valence electrons. The van der Waals surface area contributed by atoms with Crippen LogP contribution in [0.25, 0.3) is 0 Å². The van der Waals surface area contributed by atoms with Gasteiger partial charge in [0.2, 0.25) is 0 Å². The number of nitrogens with one attached hydrogen (secondary N) is 1. The molecule has 0 saturated heterocycles. The molecule has 1 aliphatic rings. The molecule has 0 saturated carbocycles. The Kier molecular flexibility index (Phi) is 3.88. The lowest BCUT2D eigenvalue weighted by Crippen LogP contribution is -2.34. The average molecular weight is 265 g/mol. The van der Waals surface area contributed by atoms with Gasteiger partial charge < -0.3 is 5.32 Å². The molecule has 0 heterocycles. The first-order valence-corrected chi connectivity index (χ1v) is 7.58. The highest BCUT2D eigenvalue weighted by Gasteiger charge is 2.17. The van der Waals surface area contributed by atoms with Crippen molar-refractivity contribution in [2.24, 2.45) is 0 Å². The number of aryl methyl sites for hydroxylation is 3. The van der Waals surface area contributed by atoms with Crippen LogP contribution in [0, 0.1) is 13.8 Å². The van der Waals surface area contributed by atoms with Crippen LogP contribution in [0.5, 0.6) is 0 Å². The summed E-state index contributed by atoms with van der Waals surface area (Å²) in [4.78, 5) is 0. The molecule has 3 rings (SSSR count). The Labute approximate surface area is 122 Å². The van der Waals surface area contributed by atoms with Crippen molar-refractivity contribution >= 4 is 0 Å². The summed E-state index contributed by atoms with van der Waals surface area (Å²) in [6.07, 6.45) is 3.63. The van der Waals surface area contributed by atoms with E-state index in [-0.39, 0.29) is 0 Å². The molecule has 0 radical (unpaired) electrons. The Morgan fingerprint density at radius 2 is 1.85 bits per heavy atom. The van der Waals surface area contributed by atoms with Crippen LogP contribution in [0.15, 0.2) is 42.5 Å². The van der Waals surface area contributed by atoms with E-state index in [1.807, 2.05) is 0 Å². The zero-order valence-electron chi connectivity index (χ0n) is 12.4. The van der Waals surface area contributed by atoms with Gasteiger partial charge in [0.25, 0.3) is 0 Å². The van der Waals surface area contributed by atoms with E-state index in [9.17, 15) is 0 Å². The van der Waals surface area contributed by atoms with Crippen LogP contribution in [0.2, 0.25) is 0 Å². The van der Waals surface area contributed by atoms with Crippen molar-refractivity contribution in [2.75, 3.05) is 0 Å². The second-order valence-corrected chi connectivity index (χ2v) is 6.02. The summed E-state index contributed by atoms with van der Waals surface area (Å²) < 4.78 is 0. The number of fused-ring (bicyclic) bond motifs is 1. The molecule has 20 heavy (non-hydrogen) atoms. The summed E-state index contributed by atoms with van der Waals surface area (Å²) in [5.74, 6) is 0. The van der Waals surface area contributed by atoms with Gasteiger partial charge in [0.15, 0.2) is 0 Å². The van der Waals surface area contributed by atoms with Gasteiger partial charge >= 0.3 is 0 Å². The number of rotatable bonds is 3. The van der Waals surface area contributed by atoms with Crippen LogP contribution in [-0.4, -0.2) is 6.04 Å². The summed E-state index contributed by atoms with van der Waals surface area (Å²) in [7, 11) is 0. The predicted molar refractivity (Wildman–Crippen MR) is 85.0 cm³/mol. The van der Waals surface area contributed by atoms with Crippen LogP contribution < -0.4 is 5.32 Å². The molecule has 0 spiro atoms. The molecule has 0 aromatic heterocycles. The van der Waals surface area contributed by atoms with E-state index in [4.69, 9.17) is 0 Å². The van der Waals surface area contributed by atoms with E-state index < -0.39 is 0 Å². The second kappa shape index (κ2) is 5.80. The first-order chi connectivity index (χ1) is 9.72. The van der Waals surface area contributed by atoms with E-state index in [1.54, 1.807) is 0 Å². The van der Waals surface area contributed by atoms with Gasteiger partial charge in [0.05, 0.1) is 0 Å². The fraction of sp³-hybridized carbons (Fsp3) is 0.368. The van der Waals surface area contributed by atoms with Crippen molar-refractivity contribution in [3.05, 3.63) is 70.3 Å². The molecule has 1 aliphatic carbocycles. The SMILES string of the molecule is Cc1ccc(CNC2CCc3ccccc3C2)c(C)c1. The Hall–Kier alpha value is -1.60. The summed E-state index contributed by atoms with van der Waals surface area (Å²) in [5.41, 5.74) is 7.23. The number of hydrogen-bond donors (Lipinski definition) is 1. The number of benzene rings is 2. The molecule has 2 aromatic carbocycles. The number of hydrogen-bond acceptors (Lipinski definition) is 1. The molecular formula is C19H23N. The minimum Gasteiger partial charge on any atom is -0.310 e. The highest BCUT2D eigenvalue weighted by atomic mass is 14.9. The molecule has 1 atom stereocenters. The van der Waals surface area contributed by atoms with Crippen LogP contribution in [0.1, 0.15) is 34.2 Å². The van der Waals surface area contributed by atoms with Crippen molar-refractivity contribution < 1.29 is 0 Å². The zero-order chi connectivity index (χ0) is 13.9. The quantitative estimate of drug-likeness (QED) is 0.886. The third kappa shape index (κ3) is 2.94. The minimum atomic E-state index is 0.616. The van der Waals surface area contributed by atoms with Crippen LogP contribution in [-0.2, 0) is 19.4 Å². The maximum Gasteiger partial charge on any atom is 0.0210 e. The summed E-state index contributed by atoms with van der Waals surface area (Å²) >= 11 is 0. The van der Waals surface area contributed by atoms with Crippen molar-refractivity contribution in [3.8, 4) is 0 Å². The van der Waals surface area contributed by atoms with Gasteiger partial charge in [-0.05, 0) is 55.4 Å². The van der Waals surface area contributed by atoms with Crippen LogP contribution in [0.3, 0.4) is 0 Å². The van der Waals surface area contributed by atoms with Crippen LogP contribution >= 0.6 is 0 Å². The predicted octanol–water partition coefficient (Wildman–Crippen LogP) is 3.95. The fourth-order valence-corrected chi connectivity index (χ4v) is 3.17. The lowest BCUT2D eigenvalue weighted by molar-refractivity contribution is 0.457. The van der Waals surface area contributed by atoms with Gasteiger partial charge in [-0.2, -0.15) is 0 Å². The molecule has 1 nitrogen and oxygen atoms in total. The van der Waals surface area contributed by atoms with E-state index in [0.29, 0.717) is 6.04 Å². The van der Waals surface area contributed by atoms with Gasteiger partial charge in [-0.1, -0.05) is 48.0 Å². The molecule has 0 aliphatic heterocycles. The molecule has 0 fully saturated rings. The standard InChI is InChI=1S/C19H23N/c1-14-7-8-18(15(2)11-14)13-20-19-10-9-16-5-3-4-6-17(16)12-19/h3-8,11,19-20H,9-10,12-13H2,1-2H3. The zero-order valence-corrected chi connectivity index (χ0v) is 12.4. The van der Waals surface area contributed by atoms with Gasteiger partial charge in [0, 0.05) is 12.6 Å². The third-order valence-corrected chi connectivity index (χ3v) is 4.43. The molecule has 1 heteroatoms. The lowest BCUT2D eigenvalue weighted by atomic mass is 9.88. The highest BCUT2D eigenvalue weighted by Crippen LogP contribution is 2.21. The van der Waals surface area contributed by atoms with Gasteiger partial charge in [0.1, 0.15) is 0 Å². The van der Waals surface area contributed by atoms with Crippen molar-refractivity contribution in [1.82, 2.24) is 5.32 Å².